The zero-order chi connectivity index (χ0) is 17.1. The van der Waals surface area contributed by atoms with Gasteiger partial charge in [-0.2, -0.15) is 0 Å². The van der Waals surface area contributed by atoms with E-state index < -0.39 is 0 Å². The van der Waals surface area contributed by atoms with Crippen LogP contribution in [0, 0.1) is 17.8 Å². The van der Waals surface area contributed by atoms with Gasteiger partial charge in [0.2, 0.25) is 0 Å². The zero-order valence-electron chi connectivity index (χ0n) is 15.4. The van der Waals surface area contributed by atoms with Crippen LogP contribution in [0.2, 0.25) is 0 Å². The molecular weight excluding hydrogens is 316 g/mol. The van der Waals surface area contributed by atoms with E-state index in [2.05, 4.69) is 12.7 Å². The fourth-order valence-corrected chi connectivity index (χ4v) is 4.87. The van der Waals surface area contributed by atoms with Crippen LogP contribution in [0.1, 0.15) is 51.4 Å². The van der Waals surface area contributed by atoms with E-state index in [-0.39, 0.29) is 0 Å². The summed E-state index contributed by atoms with van der Waals surface area (Å²) >= 11 is 0. The summed E-state index contributed by atoms with van der Waals surface area (Å²) in [5.41, 5.74) is 0. The highest BCUT2D eigenvalue weighted by Gasteiger charge is 2.35. The molecule has 2 aliphatic carbocycles. The summed E-state index contributed by atoms with van der Waals surface area (Å²) < 4.78 is 22.5. The van der Waals surface area contributed by atoms with Crippen LogP contribution >= 0.6 is 0 Å². The fourth-order valence-electron chi connectivity index (χ4n) is 4.87. The van der Waals surface area contributed by atoms with E-state index in [0.717, 1.165) is 38.3 Å². The van der Waals surface area contributed by atoms with Crippen LogP contribution in [0.15, 0.2) is 12.7 Å². The molecular formula is C21H34O4. The molecule has 0 aromatic rings. The van der Waals surface area contributed by atoms with Gasteiger partial charge in [0, 0.05) is 0 Å². The molecule has 4 fully saturated rings. The minimum absolute atomic E-state index is 0.391. The smallest absolute Gasteiger partial charge is 0.104 e. The van der Waals surface area contributed by atoms with Gasteiger partial charge < -0.3 is 18.9 Å². The summed E-state index contributed by atoms with van der Waals surface area (Å²) in [6.07, 6.45) is 14.0. The van der Waals surface area contributed by atoms with E-state index in [4.69, 9.17) is 18.9 Å². The average Bonchev–Trinajstić information content (AvgIpc) is 3.56. The van der Waals surface area contributed by atoms with E-state index in [0.29, 0.717) is 30.3 Å². The van der Waals surface area contributed by atoms with E-state index in [1.165, 1.54) is 51.4 Å². The van der Waals surface area contributed by atoms with Gasteiger partial charge in [-0.15, -0.1) is 6.58 Å². The van der Waals surface area contributed by atoms with Crippen LogP contribution in [0.3, 0.4) is 0 Å². The van der Waals surface area contributed by atoms with E-state index >= 15 is 0 Å². The second-order valence-corrected chi connectivity index (χ2v) is 8.46. The maximum absolute atomic E-state index is 6.00. The molecule has 2 atom stereocenters. The number of allylic oxidation sites excluding steroid dienone is 1. The van der Waals surface area contributed by atoms with Crippen molar-refractivity contribution in [2.24, 2.45) is 17.8 Å². The van der Waals surface area contributed by atoms with Crippen molar-refractivity contribution in [3.8, 4) is 0 Å². The lowest BCUT2D eigenvalue weighted by Gasteiger charge is -2.39. The summed E-state index contributed by atoms with van der Waals surface area (Å²) in [5, 5.41) is 0. The average molecular weight is 350 g/mol. The van der Waals surface area contributed by atoms with Crippen molar-refractivity contribution in [1.82, 2.24) is 0 Å². The van der Waals surface area contributed by atoms with Crippen LogP contribution in [0.4, 0.5) is 0 Å². The first-order valence-electron chi connectivity index (χ1n) is 10.4. The summed E-state index contributed by atoms with van der Waals surface area (Å²) in [4.78, 5) is 0. The second-order valence-electron chi connectivity index (χ2n) is 8.46. The third-order valence-electron chi connectivity index (χ3n) is 6.64. The van der Waals surface area contributed by atoms with Gasteiger partial charge in [0.15, 0.2) is 0 Å². The van der Waals surface area contributed by atoms with Crippen molar-refractivity contribution in [1.29, 1.82) is 0 Å². The third kappa shape index (κ3) is 5.29. The molecule has 2 saturated heterocycles. The predicted octanol–water partition coefficient (Wildman–Crippen LogP) is 3.74. The van der Waals surface area contributed by atoms with Crippen LogP contribution in [-0.2, 0) is 18.9 Å². The Balaban J connectivity index is 1.17. The topological polar surface area (TPSA) is 43.5 Å². The molecule has 0 N–H and O–H groups in total. The van der Waals surface area contributed by atoms with Crippen molar-refractivity contribution >= 4 is 0 Å². The van der Waals surface area contributed by atoms with E-state index in [1.54, 1.807) is 0 Å². The number of epoxide rings is 2. The predicted molar refractivity (Wildman–Crippen MR) is 96.6 cm³/mol. The molecule has 4 nitrogen and oxygen atoms in total. The fraction of sp³-hybridized carbons (Fsp3) is 0.905. The largest absolute Gasteiger partial charge is 0.375 e. The van der Waals surface area contributed by atoms with Crippen molar-refractivity contribution in [3.63, 3.8) is 0 Å². The number of rotatable bonds is 9. The lowest BCUT2D eigenvalue weighted by atomic mass is 9.69. The SMILES string of the molecule is C=CC(C1CCC(OCC2CO2)CC1)C1CCC(OCC2CO2)CC1. The summed E-state index contributed by atoms with van der Waals surface area (Å²) in [6.45, 7) is 7.59. The first-order chi connectivity index (χ1) is 12.3. The van der Waals surface area contributed by atoms with Crippen LogP contribution in [0.25, 0.3) is 0 Å². The van der Waals surface area contributed by atoms with Crippen LogP contribution < -0.4 is 0 Å². The van der Waals surface area contributed by atoms with Gasteiger partial charge in [-0.05, 0) is 69.1 Å². The summed E-state index contributed by atoms with van der Waals surface area (Å²) in [5.74, 6) is 2.29. The number of hydrogen-bond donors (Lipinski definition) is 0. The third-order valence-corrected chi connectivity index (χ3v) is 6.64. The number of ether oxygens (including phenoxy) is 4. The Bertz CT molecular complexity index is 380. The van der Waals surface area contributed by atoms with E-state index in [9.17, 15) is 0 Å². The molecule has 4 rings (SSSR count). The Hall–Kier alpha value is -0.420. The Labute approximate surface area is 152 Å². The van der Waals surface area contributed by atoms with Crippen molar-refractivity contribution in [2.45, 2.75) is 75.8 Å². The molecule has 4 heteroatoms. The lowest BCUT2D eigenvalue weighted by molar-refractivity contribution is -0.0104. The molecule has 2 saturated carbocycles. The molecule has 25 heavy (non-hydrogen) atoms. The minimum Gasteiger partial charge on any atom is -0.375 e. The Kier molecular flexibility index (Phi) is 6.12. The lowest BCUT2D eigenvalue weighted by Crippen LogP contribution is -2.32. The first-order valence-corrected chi connectivity index (χ1v) is 10.4. The highest BCUT2D eigenvalue weighted by atomic mass is 16.6. The Morgan fingerprint density at radius 3 is 1.48 bits per heavy atom. The van der Waals surface area contributed by atoms with Gasteiger partial charge >= 0.3 is 0 Å². The molecule has 2 heterocycles. The molecule has 2 unspecified atom stereocenters. The molecule has 0 radical (unpaired) electrons. The standard InChI is InChI=1S/C21H34O4/c1-2-21(15-3-7-17(8-4-15)22-11-19-13-24-19)16-5-9-18(10-6-16)23-12-20-14-25-20/h2,15-21H,1,3-14H2. The first kappa shape index (κ1) is 18.0. The molecule has 0 amide bonds. The molecule has 0 aromatic heterocycles. The summed E-state index contributed by atoms with van der Waals surface area (Å²) in [6, 6.07) is 0. The molecule has 2 aliphatic heterocycles. The molecule has 0 aromatic carbocycles. The maximum Gasteiger partial charge on any atom is 0.104 e. The van der Waals surface area contributed by atoms with E-state index in [1.807, 2.05) is 0 Å². The second kappa shape index (κ2) is 8.51. The monoisotopic (exact) mass is 350 g/mol. The van der Waals surface area contributed by atoms with Gasteiger partial charge in [-0.1, -0.05) is 6.08 Å². The van der Waals surface area contributed by atoms with Gasteiger partial charge in [-0.25, -0.2) is 0 Å². The van der Waals surface area contributed by atoms with Crippen molar-refractivity contribution in [2.75, 3.05) is 26.4 Å². The van der Waals surface area contributed by atoms with Gasteiger partial charge in [0.1, 0.15) is 12.2 Å². The zero-order valence-corrected chi connectivity index (χ0v) is 15.4. The van der Waals surface area contributed by atoms with Gasteiger partial charge in [-0.3, -0.25) is 0 Å². The summed E-state index contributed by atoms with van der Waals surface area (Å²) in [7, 11) is 0. The van der Waals surface area contributed by atoms with Crippen LogP contribution in [-0.4, -0.2) is 50.8 Å². The highest BCUT2D eigenvalue weighted by molar-refractivity contribution is 4.94. The van der Waals surface area contributed by atoms with Gasteiger partial charge in [0.05, 0.1) is 38.6 Å². The molecule has 0 spiro atoms. The maximum atomic E-state index is 6.00. The normalized spacial score (nSPS) is 41.9. The van der Waals surface area contributed by atoms with Gasteiger partial charge in [0.25, 0.3) is 0 Å². The van der Waals surface area contributed by atoms with Crippen molar-refractivity contribution < 1.29 is 18.9 Å². The van der Waals surface area contributed by atoms with Crippen molar-refractivity contribution in [3.05, 3.63) is 12.7 Å². The Morgan fingerprint density at radius 1 is 0.760 bits per heavy atom. The quantitative estimate of drug-likeness (QED) is 0.469. The molecule has 142 valence electrons. The molecule has 0 bridgehead atoms. The highest BCUT2D eigenvalue weighted by Crippen LogP contribution is 2.41. The molecule has 4 aliphatic rings. The minimum atomic E-state index is 0.391. The van der Waals surface area contributed by atoms with Crippen LogP contribution in [0.5, 0.6) is 0 Å². The number of hydrogen-bond acceptors (Lipinski definition) is 4. The Morgan fingerprint density at radius 2 is 1.16 bits per heavy atom.